The van der Waals surface area contributed by atoms with E-state index in [4.69, 9.17) is 5.26 Å². The van der Waals surface area contributed by atoms with Crippen LogP contribution in [0.2, 0.25) is 0 Å². The van der Waals surface area contributed by atoms with Gasteiger partial charge in [0.1, 0.15) is 6.61 Å². The van der Waals surface area contributed by atoms with Gasteiger partial charge in [-0.2, -0.15) is 5.26 Å². The van der Waals surface area contributed by atoms with Crippen LogP contribution in [0.4, 0.5) is 0 Å². The Bertz CT molecular complexity index is 167. The molecule has 0 bridgehead atoms. The molecule has 0 aromatic carbocycles. The molecule has 0 spiro atoms. The second kappa shape index (κ2) is 5.83. The van der Waals surface area contributed by atoms with Gasteiger partial charge in [-0.25, -0.2) is 0 Å². The number of ether oxygens (including phenoxy) is 1. The molecule has 0 unspecified atom stereocenters. The number of esters is 1. The van der Waals surface area contributed by atoms with Crippen molar-refractivity contribution in [3.63, 3.8) is 0 Å². The first-order chi connectivity index (χ1) is 4.77. The van der Waals surface area contributed by atoms with Crippen molar-refractivity contribution in [2.45, 2.75) is 13.3 Å². The summed E-state index contributed by atoms with van der Waals surface area (Å²) < 4.78 is 4.55. The summed E-state index contributed by atoms with van der Waals surface area (Å²) in [5.41, 5.74) is 0. The second-order valence-electron chi connectivity index (χ2n) is 1.64. The fourth-order valence-electron chi connectivity index (χ4n) is 0.370. The molecule has 0 radical (unpaired) electrons. The third kappa shape index (κ3) is 6.70. The van der Waals surface area contributed by atoms with Crippen LogP contribution in [0, 0.1) is 11.3 Å². The molecule has 0 amide bonds. The number of nitrogens with zero attached hydrogens (tertiary/aromatic N) is 1. The Kier molecular flexibility index (Phi) is 5.07. The van der Waals surface area contributed by atoms with Crippen LogP contribution in [0.25, 0.3) is 0 Å². The van der Waals surface area contributed by atoms with Crippen LogP contribution >= 0.6 is 0 Å². The SMILES string of the molecule is CC(=O)OCC=CCC#N. The first-order valence-electron chi connectivity index (χ1n) is 2.92. The summed E-state index contributed by atoms with van der Waals surface area (Å²) in [6.45, 7) is 1.61. The Balaban J connectivity index is 3.20. The lowest BCUT2D eigenvalue weighted by atomic mass is 10.4. The molecule has 0 atom stereocenters. The summed E-state index contributed by atoms with van der Waals surface area (Å²) in [4.78, 5) is 10.2. The van der Waals surface area contributed by atoms with Crippen LogP contribution in [0.1, 0.15) is 13.3 Å². The van der Waals surface area contributed by atoms with E-state index in [1.54, 1.807) is 12.2 Å². The smallest absolute Gasteiger partial charge is 0.302 e. The van der Waals surface area contributed by atoms with Crippen LogP contribution in [0.15, 0.2) is 12.2 Å². The maximum atomic E-state index is 10.2. The Hall–Kier alpha value is -1.30. The van der Waals surface area contributed by atoms with Crippen LogP contribution in [0.3, 0.4) is 0 Å². The molecule has 0 saturated carbocycles. The van der Waals surface area contributed by atoms with E-state index < -0.39 is 0 Å². The first kappa shape index (κ1) is 8.70. The third-order valence-electron chi connectivity index (χ3n) is 0.759. The highest BCUT2D eigenvalue weighted by Gasteiger charge is 1.85. The Labute approximate surface area is 59.9 Å². The molecule has 10 heavy (non-hydrogen) atoms. The van der Waals surface area contributed by atoms with E-state index in [9.17, 15) is 4.79 Å². The number of hydrogen-bond donors (Lipinski definition) is 0. The third-order valence-corrected chi connectivity index (χ3v) is 0.759. The monoisotopic (exact) mass is 139 g/mol. The van der Waals surface area contributed by atoms with Crippen molar-refractivity contribution >= 4 is 5.97 Å². The number of carbonyl (C=O) groups excluding carboxylic acids is 1. The second-order valence-corrected chi connectivity index (χ2v) is 1.64. The standard InChI is InChI=1S/C7H9NO2/c1-7(9)10-6-4-2-3-5-8/h2,4H,3,6H2,1H3. The van der Waals surface area contributed by atoms with Crippen LogP contribution in [-0.4, -0.2) is 12.6 Å². The van der Waals surface area contributed by atoms with Gasteiger partial charge in [0.25, 0.3) is 0 Å². The van der Waals surface area contributed by atoms with Gasteiger partial charge in [0.05, 0.1) is 12.5 Å². The zero-order valence-electron chi connectivity index (χ0n) is 5.83. The fourth-order valence-corrected chi connectivity index (χ4v) is 0.370. The Morgan fingerprint density at radius 3 is 2.90 bits per heavy atom. The van der Waals surface area contributed by atoms with Crippen LogP contribution in [-0.2, 0) is 9.53 Å². The highest BCUT2D eigenvalue weighted by Crippen LogP contribution is 1.81. The molecule has 0 aliphatic carbocycles. The molecule has 0 aromatic heterocycles. The van der Waals surface area contributed by atoms with Gasteiger partial charge in [0.2, 0.25) is 0 Å². The number of nitriles is 1. The van der Waals surface area contributed by atoms with E-state index in [0.717, 1.165) is 0 Å². The van der Waals surface area contributed by atoms with Gasteiger partial charge in [0, 0.05) is 6.92 Å². The van der Waals surface area contributed by atoms with Crippen molar-refractivity contribution < 1.29 is 9.53 Å². The van der Waals surface area contributed by atoms with Crippen molar-refractivity contribution in [1.29, 1.82) is 5.26 Å². The summed E-state index contributed by atoms with van der Waals surface area (Å²) in [7, 11) is 0. The molecule has 0 heterocycles. The Morgan fingerprint density at radius 1 is 1.70 bits per heavy atom. The largest absolute Gasteiger partial charge is 0.462 e. The summed E-state index contributed by atoms with van der Waals surface area (Å²) >= 11 is 0. The lowest BCUT2D eigenvalue weighted by Gasteiger charge is -1.92. The number of hydrogen-bond acceptors (Lipinski definition) is 3. The van der Waals surface area contributed by atoms with Crippen LogP contribution < -0.4 is 0 Å². The van der Waals surface area contributed by atoms with Gasteiger partial charge >= 0.3 is 5.97 Å². The molecule has 0 N–H and O–H groups in total. The van der Waals surface area contributed by atoms with Crippen molar-refractivity contribution in [3.05, 3.63) is 12.2 Å². The molecule has 0 aliphatic heterocycles. The van der Waals surface area contributed by atoms with E-state index in [0.29, 0.717) is 6.42 Å². The molecule has 3 nitrogen and oxygen atoms in total. The predicted molar refractivity (Wildman–Crippen MR) is 36.0 cm³/mol. The summed E-state index contributed by atoms with van der Waals surface area (Å²) in [6, 6.07) is 1.93. The van der Waals surface area contributed by atoms with E-state index in [-0.39, 0.29) is 12.6 Å². The lowest BCUT2D eigenvalue weighted by molar-refractivity contribution is -0.139. The minimum atomic E-state index is -0.304. The van der Waals surface area contributed by atoms with E-state index in [1.807, 2.05) is 6.07 Å². The minimum absolute atomic E-state index is 0.261. The number of carbonyl (C=O) groups is 1. The molecule has 3 heteroatoms. The van der Waals surface area contributed by atoms with Crippen LogP contribution in [0.5, 0.6) is 0 Å². The van der Waals surface area contributed by atoms with Crippen molar-refractivity contribution in [2.24, 2.45) is 0 Å². The zero-order chi connectivity index (χ0) is 7.82. The fraction of sp³-hybridized carbons (Fsp3) is 0.429. The van der Waals surface area contributed by atoms with Gasteiger partial charge in [0.15, 0.2) is 0 Å². The topological polar surface area (TPSA) is 50.1 Å². The first-order valence-corrected chi connectivity index (χ1v) is 2.92. The molecular formula is C7H9NO2. The number of allylic oxidation sites excluding steroid dienone is 1. The Morgan fingerprint density at radius 2 is 2.40 bits per heavy atom. The van der Waals surface area contributed by atoms with Gasteiger partial charge in [-0.1, -0.05) is 12.2 Å². The van der Waals surface area contributed by atoms with E-state index >= 15 is 0 Å². The molecule has 0 fully saturated rings. The van der Waals surface area contributed by atoms with Gasteiger partial charge in [-0.05, 0) is 0 Å². The maximum absolute atomic E-state index is 10.2. The molecule has 0 saturated heterocycles. The average Bonchev–Trinajstić information content (AvgIpc) is 1.87. The quantitative estimate of drug-likeness (QED) is 0.433. The summed E-state index contributed by atoms with van der Waals surface area (Å²) in [5, 5.41) is 8.07. The molecule has 0 rings (SSSR count). The predicted octanol–water partition coefficient (Wildman–Crippen LogP) is 1.02. The molecule has 54 valence electrons. The molecule has 0 aromatic rings. The normalized spacial score (nSPS) is 9.20. The van der Waals surface area contributed by atoms with Crippen molar-refractivity contribution in [1.82, 2.24) is 0 Å². The van der Waals surface area contributed by atoms with Gasteiger partial charge in [-0.3, -0.25) is 4.79 Å². The summed E-state index contributed by atoms with van der Waals surface area (Å²) in [6.07, 6.45) is 3.66. The highest BCUT2D eigenvalue weighted by atomic mass is 16.5. The number of rotatable bonds is 3. The van der Waals surface area contributed by atoms with Crippen molar-refractivity contribution in [2.75, 3.05) is 6.61 Å². The zero-order valence-corrected chi connectivity index (χ0v) is 5.83. The van der Waals surface area contributed by atoms with E-state index in [2.05, 4.69) is 4.74 Å². The van der Waals surface area contributed by atoms with Gasteiger partial charge in [-0.15, -0.1) is 0 Å². The van der Waals surface area contributed by atoms with E-state index in [1.165, 1.54) is 6.92 Å². The van der Waals surface area contributed by atoms with Crippen molar-refractivity contribution in [3.8, 4) is 6.07 Å². The van der Waals surface area contributed by atoms with Gasteiger partial charge < -0.3 is 4.74 Å². The highest BCUT2D eigenvalue weighted by molar-refractivity contribution is 5.65. The summed E-state index contributed by atoms with van der Waals surface area (Å²) in [5.74, 6) is -0.304. The maximum Gasteiger partial charge on any atom is 0.302 e. The average molecular weight is 139 g/mol. The minimum Gasteiger partial charge on any atom is -0.462 e. The molecule has 0 aliphatic rings. The lowest BCUT2D eigenvalue weighted by Crippen LogP contribution is -1.97. The molecular weight excluding hydrogens is 130 g/mol.